The average Bonchev–Trinajstić information content (AvgIpc) is 2.83. The van der Waals surface area contributed by atoms with Gasteiger partial charge in [-0.05, 0) is 11.1 Å². The first-order chi connectivity index (χ1) is 11.1. The number of carbonyl (C=O) groups is 3. The van der Waals surface area contributed by atoms with Crippen LogP contribution in [0.4, 0.5) is 0 Å². The highest BCUT2D eigenvalue weighted by Crippen LogP contribution is 2.44. The van der Waals surface area contributed by atoms with E-state index in [0.717, 1.165) is 11.1 Å². The highest BCUT2D eigenvalue weighted by atomic mass is 16.2. The Balaban J connectivity index is 1.94. The molecule has 4 heteroatoms. The maximum atomic E-state index is 12.7. The van der Waals surface area contributed by atoms with Crippen molar-refractivity contribution in [2.45, 2.75) is 12.3 Å². The molecule has 23 heavy (non-hydrogen) atoms. The van der Waals surface area contributed by atoms with E-state index in [2.05, 4.69) is 0 Å². The molecule has 2 aromatic rings. The summed E-state index contributed by atoms with van der Waals surface area (Å²) in [4.78, 5) is 38.4. The van der Waals surface area contributed by atoms with Crippen molar-refractivity contribution < 1.29 is 14.4 Å². The van der Waals surface area contributed by atoms with Crippen molar-refractivity contribution in [3.63, 3.8) is 0 Å². The molecule has 1 aliphatic carbocycles. The molecule has 0 N–H and O–H groups in total. The molecule has 0 aromatic heterocycles. The number of imide groups is 1. The first kappa shape index (κ1) is 13.9. The summed E-state index contributed by atoms with van der Waals surface area (Å²) >= 11 is 0. The zero-order chi connectivity index (χ0) is 16.1. The van der Waals surface area contributed by atoms with Crippen LogP contribution in [-0.4, -0.2) is 29.5 Å². The summed E-state index contributed by atoms with van der Waals surface area (Å²) in [5, 5.41) is 0. The van der Waals surface area contributed by atoms with Crippen LogP contribution in [0.3, 0.4) is 0 Å². The number of fused-ring (bicyclic) bond motifs is 2. The number of likely N-dealkylation sites (tertiary alicyclic amines) is 1. The van der Waals surface area contributed by atoms with Crippen molar-refractivity contribution in [3.8, 4) is 0 Å². The first-order valence-corrected chi connectivity index (χ1v) is 7.62. The Morgan fingerprint density at radius 2 is 1.39 bits per heavy atom. The zero-order valence-electron chi connectivity index (χ0n) is 12.7. The summed E-state index contributed by atoms with van der Waals surface area (Å²) in [6, 6.07) is 14.8. The highest BCUT2D eigenvalue weighted by Gasteiger charge is 2.45. The summed E-state index contributed by atoms with van der Waals surface area (Å²) in [5.74, 6) is -1.03. The lowest BCUT2D eigenvalue weighted by atomic mass is 9.71. The lowest BCUT2D eigenvalue weighted by Gasteiger charge is -2.30. The third kappa shape index (κ3) is 1.88. The van der Waals surface area contributed by atoms with Gasteiger partial charge in [-0.3, -0.25) is 19.3 Å². The van der Waals surface area contributed by atoms with Crippen molar-refractivity contribution >= 4 is 17.6 Å². The molecule has 0 spiro atoms. The fraction of sp³-hybridized carbons (Fsp3) is 0.211. The van der Waals surface area contributed by atoms with Crippen LogP contribution in [0.25, 0.3) is 0 Å². The van der Waals surface area contributed by atoms with Crippen molar-refractivity contribution in [2.75, 3.05) is 7.05 Å². The predicted octanol–water partition coefficient (Wildman–Crippen LogP) is 2.37. The van der Waals surface area contributed by atoms with Gasteiger partial charge in [0.15, 0.2) is 5.78 Å². The Morgan fingerprint density at radius 3 is 1.87 bits per heavy atom. The molecule has 1 atom stereocenters. The van der Waals surface area contributed by atoms with Crippen molar-refractivity contribution in [1.29, 1.82) is 0 Å². The molecule has 1 saturated heterocycles. The van der Waals surface area contributed by atoms with Crippen LogP contribution in [0.2, 0.25) is 0 Å². The summed E-state index contributed by atoms with van der Waals surface area (Å²) < 4.78 is 0. The number of nitrogens with zero attached hydrogens (tertiary/aromatic N) is 1. The number of hydrogen-bond donors (Lipinski definition) is 0. The van der Waals surface area contributed by atoms with Crippen LogP contribution in [0.1, 0.15) is 39.4 Å². The minimum atomic E-state index is -0.442. The van der Waals surface area contributed by atoms with E-state index < -0.39 is 5.92 Å². The van der Waals surface area contributed by atoms with Crippen molar-refractivity contribution in [1.82, 2.24) is 4.90 Å². The van der Waals surface area contributed by atoms with Gasteiger partial charge in [-0.1, -0.05) is 48.5 Å². The van der Waals surface area contributed by atoms with Gasteiger partial charge in [0, 0.05) is 30.5 Å². The molecule has 1 fully saturated rings. The van der Waals surface area contributed by atoms with Gasteiger partial charge in [0.2, 0.25) is 11.8 Å². The number of benzene rings is 2. The lowest BCUT2D eigenvalue weighted by Crippen LogP contribution is -2.31. The maximum Gasteiger partial charge on any atom is 0.233 e. The minimum absolute atomic E-state index is 0.0161. The molecule has 4 nitrogen and oxygen atoms in total. The van der Waals surface area contributed by atoms with Gasteiger partial charge in [-0.2, -0.15) is 0 Å². The molecular weight excluding hydrogens is 290 g/mol. The molecule has 4 rings (SSSR count). The maximum absolute atomic E-state index is 12.7. The van der Waals surface area contributed by atoms with Gasteiger partial charge in [-0.15, -0.1) is 0 Å². The van der Waals surface area contributed by atoms with E-state index in [1.165, 1.54) is 11.9 Å². The largest absolute Gasteiger partial charge is 0.289 e. The Hall–Kier alpha value is -2.75. The molecule has 0 radical (unpaired) electrons. The zero-order valence-corrected chi connectivity index (χ0v) is 12.7. The monoisotopic (exact) mass is 305 g/mol. The van der Waals surface area contributed by atoms with Gasteiger partial charge >= 0.3 is 0 Å². The number of ketones is 1. The molecule has 114 valence electrons. The van der Waals surface area contributed by atoms with Crippen LogP contribution in [0.5, 0.6) is 0 Å². The smallest absolute Gasteiger partial charge is 0.233 e. The van der Waals surface area contributed by atoms with Crippen molar-refractivity contribution in [3.05, 3.63) is 70.8 Å². The summed E-state index contributed by atoms with van der Waals surface area (Å²) in [6.45, 7) is 0. The Bertz CT molecular complexity index is 806. The molecular formula is C19H15NO3. The number of hydrogen-bond acceptors (Lipinski definition) is 3. The standard InChI is InChI=1S/C19H15NO3/c1-20-16(21)10-15(19(20)23)17-11-6-2-4-8-13(11)18(22)14-9-5-3-7-12(14)17/h2-9,15,17H,10H2,1H3. The predicted molar refractivity (Wildman–Crippen MR) is 84.0 cm³/mol. The molecule has 2 aromatic carbocycles. The molecule has 1 heterocycles. The van der Waals surface area contributed by atoms with E-state index in [1.54, 1.807) is 12.1 Å². The van der Waals surface area contributed by atoms with Gasteiger partial charge in [-0.25, -0.2) is 0 Å². The molecule has 0 saturated carbocycles. The quantitative estimate of drug-likeness (QED) is 0.760. The van der Waals surface area contributed by atoms with Gasteiger partial charge < -0.3 is 0 Å². The number of carbonyl (C=O) groups excluding carboxylic acids is 3. The summed E-state index contributed by atoms with van der Waals surface area (Å²) in [5.41, 5.74) is 2.95. The van der Waals surface area contributed by atoms with Gasteiger partial charge in [0.1, 0.15) is 0 Å². The topological polar surface area (TPSA) is 54.5 Å². The molecule has 1 unspecified atom stereocenters. The van der Waals surface area contributed by atoms with Crippen LogP contribution in [-0.2, 0) is 9.59 Å². The lowest BCUT2D eigenvalue weighted by molar-refractivity contribution is -0.137. The SMILES string of the molecule is CN1C(=O)CC(C2c3ccccc3C(=O)c3ccccc32)C1=O. The van der Waals surface area contributed by atoms with Crippen LogP contribution < -0.4 is 0 Å². The molecule has 0 bridgehead atoms. The summed E-state index contributed by atoms with van der Waals surface area (Å²) in [7, 11) is 1.52. The fourth-order valence-electron chi connectivity index (χ4n) is 3.74. The second-order valence-electron chi connectivity index (χ2n) is 6.08. The van der Waals surface area contributed by atoms with Crippen LogP contribution >= 0.6 is 0 Å². The van der Waals surface area contributed by atoms with E-state index in [4.69, 9.17) is 0 Å². The fourth-order valence-corrected chi connectivity index (χ4v) is 3.74. The van der Waals surface area contributed by atoms with E-state index in [-0.39, 0.29) is 29.9 Å². The van der Waals surface area contributed by atoms with E-state index in [0.29, 0.717) is 11.1 Å². The summed E-state index contributed by atoms with van der Waals surface area (Å²) in [6.07, 6.45) is 0.191. The highest BCUT2D eigenvalue weighted by molar-refractivity contribution is 6.13. The van der Waals surface area contributed by atoms with E-state index in [1.807, 2.05) is 36.4 Å². The van der Waals surface area contributed by atoms with Gasteiger partial charge in [0.05, 0.1) is 5.92 Å². The Labute approximate surface area is 133 Å². The molecule has 2 aliphatic rings. The van der Waals surface area contributed by atoms with Crippen molar-refractivity contribution in [2.24, 2.45) is 5.92 Å². The number of amides is 2. The first-order valence-electron chi connectivity index (χ1n) is 7.62. The van der Waals surface area contributed by atoms with E-state index >= 15 is 0 Å². The third-order valence-corrected chi connectivity index (χ3v) is 4.90. The Kier molecular flexibility index (Phi) is 2.94. The average molecular weight is 305 g/mol. The van der Waals surface area contributed by atoms with E-state index in [9.17, 15) is 14.4 Å². The minimum Gasteiger partial charge on any atom is -0.289 e. The third-order valence-electron chi connectivity index (χ3n) is 4.90. The Morgan fingerprint density at radius 1 is 0.870 bits per heavy atom. The van der Waals surface area contributed by atoms with Crippen LogP contribution in [0, 0.1) is 5.92 Å². The normalized spacial score (nSPS) is 20.7. The second-order valence-corrected chi connectivity index (χ2v) is 6.08. The second kappa shape index (κ2) is 4.88. The molecule has 1 aliphatic heterocycles. The van der Waals surface area contributed by atoms with Crippen LogP contribution in [0.15, 0.2) is 48.5 Å². The number of rotatable bonds is 1. The molecule has 2 amide bonds. The van der Waals surface area contributed by atoms with Gasteiger partial charge in [0.25, 0.3) is 0 Å².